The van der Waals surface area contributed by atoms with Crippen LogP contribution in [0.1, 0.15) is 20.8 Å². The van der Waals surface area contributed by atoms with Crippen LogP contribution in [0, 0.1) is 0 Å². The normalized spacial score (nSPS) is 15.8. The first-order valence-corrected chi connectivity index (χ1v) is 10.4. The molecule has 0 amide bonds. The SMILES string of the molecule is COC(=O)C(C)SCC(CSC(C)C(=O)OC)SC(C)C(=O)OC. The van der Waals surface area contributed by atoms with Gasteiger partial charge in [0.25, 0.3) is 0 Å². The first kappa shape index (κ1) is 23.5. The Bertz CT molecular complexity index is 392. The van der Waals surface area contributed by atoms with E-state index >= 15 is 0 Å². The Kier molecular flexibility index (Phi) is 12.5. The highest BCUT2D eigenvalue weighted by Crippen LogP contribution is 2.29. The molecule has 0 radical (unpaired) electrons. The maximum Gasteiger partial charge on any atom is 0.318 e. The van der Waals surface area contributed by atoms with E-state index in [0.29, 0.717) is 11.5 Å². The lowest BCUT2D eigenvalue weighted by Crippen LogP contribution is -2.25. The second-order valence-corrected chi connectivity index (χ2v) is 9.31. The second-order valence-electron chi connectivity index (χ2n) is 4.92. The van der Waals surface area contributed by atoms with Gasteiger partial charge in [-0.05, 0) is 20.8 Å². The van der Waals surface area contributed by atoms with Crippen LogP contribution in [0.25, 0.3) is 0 Å². The van der Waals surface area contributed by atoms with Crippen molar-refractivity contribution in [1.82, 2.24) is 0 Å². The monoisotopic (exact) mass is 398 g/mol. The van der Waals surface area contributed by atoms with Crippen LogP contribution in [0.5, 0.6) is 0 Å². The van der Waals surface area contributed by atoms with Crippen LogP contribution in [-0.2, 0) is 28.6 Å². The summed E-state index contributed by atoms with van der Waals surface area (Å²) in [5, 5.41) is -0.805. The number of hydrogen-bond donors (Lipinski definition) is 0. The van der Waals surface area contributed by atoms with Gasteiger partial charge in [-0.2, -0.15) is 0 Å². The minimum Gasteiger partial charge on any atom is -0.468 e. The third-order valence-electron chi connectivity index (χ3n) is 3.06. The minimum atomic E-state index is -0.317. The molecule has 3 atom stereocenters. The minimum absolute atomic E-state index is 0.0771. The second kappa shape index (κ2) is 12.8. The molecule has 0 saturated carbocycles. The van der Waals surface area contributed by atoms with Gasteiger partial charge >= 0.3 is 17.9 Å². The summed E-state index contributed by atoms with van der Waals surface area (Å²) in [7, 11) is 4.08. The highest BCUT2D eigenvalue weighted by molar-refractivity contribution is 8.06. The summed E-state index contributed by atoms with van der Waals surface area (Å²) in [4.78, 5) is 34.6. The van der Waals surface area contributed by atoms with Gasteiger partial charge in [0, 0.05) is 16.8 Å². The van der Waals surface area contributed by atoms with Gasteiger partial charge in [0.05, 0.1) is 37.1 Å². The Morgan fingerprint density at radius 2 is 1.04 bits per heavy atom. The molecule has 0 aliphatic heterocycles. The van der Waals surface area contributed by atoms with E-state index in [1.807, 2.05) is 0 Å². The Labute approximate surface area is 156 Å². The molecule has 0 saturated heterocycles. The summed E-state index contributed by atoms with van der Waals surface area (Å²) >= 11 is 4.41. The third kappa shape index (κ3) is 9.08. The number of carbonyl (C=O) groups is 3. The van der Waals surface area contributed by atoms with E-state index in [0.717, 1.165) is 0 Å². The fraction of sp³-hybridized carbons (Fsp3) is 0.800. The molecule has 0 aromatic carbocycles. The Morgan fingerprint density at radius 3 is 1.38 bits per heavy atom. The molecule has 0 spiro atoms. The van der Waals surface area contributed by atoms with Crippen LogP contribution in [0.2, 0.25) is 0 Å². The molecule has 140 valence electrons. The van der Waals surface area contributed by atoms with Gasteiger partial charge in [0.2, 0.25) is 0 Å². The fourth-order valence-electron chi connectivity index (χ4n) is 1.61. The summed E-state index contributed by atoms with van der Waals surface area (Å²) < 4.78 is 14.2. The Hall–Kier alpha value is -0.540. The number of rotatable bonds is 11. The van der Waals surface area contributed by atoms with E-state index in [-0.39, 0.29) is 38.9 Å². The molecule has 0 rings (SSSR count). The van der Waals surface area contributed by atoms with Crippen molar-refractivity contribution in [3.63, 3.8) is 0 Å². The quantitative estimate of drug-likeness (QED) is 0.384. The summed E-state index contributed by atoms with van der Waals surface area (Å²) in [5.74, 6) is 0.467. The number of carbonyl (C=O) groups excluding carboxylic acids is 3. The molecule has 24 heavy (non-hydrogen) atoms. The van der Waals surface area contributed by atoms with Crippen molar-refractivity contribution in [1.29, 1.82) is 0 Å². The van der Waals surface area contributed by atoms with Crippen molar-refractivity contribution < 1.29 is 28.6 Å². The maximum atomic E-state index is 11.6. The molecule has 3 unspecified atom stereocenters. The third-order valence-corrected chi connectivity index (χ3v) is 7.38. The van der Waals surface area contributed by atoms with Gasteiger partial charge in [-0.15, -0.1) is 35.3 Å². The van der Waals surface area contributed by atoms with E-state index in [1.165, 1.54) is 56.6 Å². The predicted molar refractivity (Wildman–Crippen MR) is 101 cm³/mol. The zero-order valence-electron chi connectivity index (χ0n) is 14.9. The van der Waals surface area contributed by atoms with Crippen LogP contribution < -0.4 is 0 Å². The molecule has 0 heterocycles. The van der Waals surface area contributed by atoms with Crippen molar-refractivity contribution >= 4 is 53.2 Å². The summed E-state index contributed by atoms with van der Waals surface area (Å²) in [6, 6.07) is 0. The molecule has 9 heteroatoms. The van der Waals surface area contributed by atoms with Crippen molar-refractivity contribution in [2.45, 2.75) is 41.8 Å². The van der Waals surface area contributed by atoms with E-state index in [9.17, 15) is 14.4 Å². The largest absolute Gasteiger partial charge is 0.468 e. The van der Waals surface area contributed by atoms with Crippen LogP contribution in [0.15, 0.2) is 0 Å². The van der Waals surface area contributed by atoms with Gasteiger partial charge in [0.1, 0.15) is 0 Å². The Morgan fingerprint density at radius 1 is 0.708 bits per heavy atom. The molecule has 0 aromatic rings. The topological polar surface area (TPSA) is 78.9 Å². The average Bonchev–Trinajstić information content (AvgIpc) is 2.60. The smallest absolute Gasteiger partial charge is 0.318 e. The molecule has 0 bridgehead atoms. The first-order chi connectivity index (χ1) is 11.3. The number of ether oxygens (including phenoxy) is 3. The Balaban J connectivity index is 4.67. The predicted octanol–water partition coefficient (Wildman–Crippen LogP) is 2.24. The van der Waals surface area contributed by atoms with Crippen molar-refractivity contribution in [2.24, 2.45) is 0 Å². The number of thioether (sulfide) groups is 3. The average molecular weight is 399 g/mol. The van der Waals surface area contributed by atoms with Crippen molar-refractivity contribution in [3.8, 4) is 0 Å². The molecular weight excluding hydrogens is 372 g/mol. The van der Waals surface area contributed by atoms with E-state index < -0.39 is 0 Å². The van der Waals surface area contributed by atoms with Crippen LogP contribution in [0.3, 0.4) is 0 Å². The molecular formula is C15H26O6S3. The zero-order valence-corrected chi connectivity index (χ0v) is 17.3. The summed E-state index contributed by atoms with van der Waals surface area (Å²) in [6.45, 7) is 5.35. The maximum absolute atomic E-state index is 11.6. The van der Waals surface area contributed by atoms with E-state index in [4.69, 9.17) is 14.2 Å². The first-order valence-electron chi connectivity index (χ1n) is 7.38. The number of methoxy groups -OCH3 is 3. The molecule has 0 aromatic heterocycles. The molecule has 0 N–H and O–H groups in total. The highest BCUT2D eigenvalue weighted by atomic mass is 32.2. The lowest BCUT2D eigenvalue weighted by molar-refractivity contribution is -0.140. The van der Waals surface area contributed by atoms with Gasteiger partial charge in [-0.3, -0.25) is 14.4 Å². The summed E-state index contributed by atoms with van der Waals surface area (Å²) in [5.41, 5.74) is 0. The van der Waals surface area contributed by atoms with Gasteiger partial charge < -0.3 is 14.2 Å². The molecule has 6 nitrogen and oxygen atoms in total. The molecule has 0 fully saturated rings. The van der Waals surface area contributed by atoms with Gasteiger partial charge in [-0.1, -0.05) is 0 Å². The van der Waals surface area contributed by atoms with E-state index in [2.05, 4.69) is 0 Å². The fourth-order valence-corrected chi connectivity index (χ4v) is 5.35. The molecule has 0 aliphatic carbocycles. The van der Waals surface area contributed by atoms with Gasteiger partial charge in [-0.25, -0.2) is 0 Å². The summed E-state index contributed by atoms with van der Waals surface area (Å²) in [6.07, 6.45) is 0. The zero-order chi connectivity index (χ0) is 18.7. The highest BCUT2D eigenvalue weighted by Gasteiger charge is 2.24. The number of hydrogen-bond acceptors (Lipinski definition) is 9. The lowest BCUT2D eigenvalue weighted by Gasteiger charge is -2.21. The van der Waals surface area contributed by atoms with Crippen LogP contribution >= 0.6 is 35.3 Å². The standard InChI is InChI=1S/C15H26O6S3/c1-9(13(16)19-4)22-7-12(24-11(3)15(18)21-6)8-23-10(2)14(17)20-5/h9-12H,7-8H2,1-6H3. The number of esters is 3. The van der Waals surface area contributed by atoms with Crippen LogP contribution in [-0.4, -0.2) is 71.7 Å². The van der Waals surface area contributed by atoms with E-state index in [1.54, 1.807) is 20.8 Å². The molecule has 0 aliphatic rings. The van der Waals surface area contributed by atoms with Crippen LogP contribution in [0.4, 0.5) is 0 Å². The lowest BCUT2D eigenvalue weighted by atomic mass is 10.5. The van der Waals surface area contributed by atoms with Gasteiger partial charge in [0.15, 0.2) is 0 Å². The van der Waals surface area contributed by atoms with Crippen molar-refractivity contribution in [2.75, 3.05) is 32.8 Å². The van der Waals surface area contributed by atoms with Crippen molar-refractivity contribution in [3.05, 3.63) is 0 Å².